The average molecular weight is 602 g/mol. The second kappa shape index (κ2) is 9.78. The zero-order valence-corrected chi connectivity index (χ0v) is 23.8. The number of imidazole rings is 2. The van der Waals surface area contributed by atoms with Crippen molar-refractivity contribution in [3.8, 4) is 11.3 Å². The van der Waals surface area contributed by atoms with Gasteiger partial charge in [0.05, 0.1) is 59.9 Å². The molecule has 3 fully saturated rings. The number of anilines is 1. The van der Waals surface area contributed by atoms with Crippen molar-refractivity contribution in [2.45, 2.75) is 26.1 Å². The molecule has 0 amide bonds. The molecule has 14 heteroatoms. The van der Waals surface area contributed by atoms with Crippen LogP contribution in [0.15, 0.2) is 36.8 Å². The highest BCUT2D eigenvalue weighted by molar-refractivity contribution is 7.92. The SMILES string of the molecule is Cc1c(Cc2c(CN3CC4(C3)CS(=O)(=O)C4)nc3c(-c4cnc[nH]4)cc(N4CCOCC4)nn23)cccc1C(F)(F)F. The fourth-order valence-corrected chi connectivity index (χ4v) is 8.76. The van der Waals surface area contributed by atoms with Gasteiger partial charge in [-0.15, -0.1) is 5.10 Å². The van der Waals surface area contributed by atoms with E-state index >= 15 is 0 Å². The lowest BCUT2D eigenvalue weighted by atomic mass is 9.83. The summed E-state index contributed by atoms with van der Waals surface area (Å²) in [5, 5.41) is 4.98. The molecule has 7 rings (SSSR count). The molecule has 42 heavy (non-hydrogen) atoms. The van der Waals surface area contributed by atoms with Gasteiger partial charge >= 0.3 is 6.18 Å². The highest BCUT2D eigenvalue weighted by Crippen LogP contribution is 2.42. The minimum atomic E-state index is -4.47. The quantitative estimate of drug-likeness (QED) is 0.359. The predicted molar refractivity (Wildman–Crippen MR) is 149 cm³/mol. The van der Waals surface area contributed by atoms with Gasteiger partial charge < -0.3 is 14.6 Å². The number of morpholine rings is 1. The number of hydrogen-bond acceptors (Lipinski definition) is 8. The van der Waals surface area contributed by atoms with Crippen LogP contribution in [0.25, 0.3) is 16.9 Å². The first-order valence-corrected chi connectivity index (χ1v) is 15.6. The van der Waals surface area contributed by atoms with Crippen LogP contribution in [-0.4, -0.2) is 88.8 Å². The second-order valence-corrected chi connectivity index (χ2v) is 13.7. The van der Waals surface area contributed by atoms with Crippen LogP contribution in [-0.2, 0) is 33.7 Å². The summed E-state index contributed by atoms with van der Waals surface area (Å²) in [6.45, 7) is 5.66. The Labute approximate surface area is 240 Å². The highest BCUT2D eigenvalue weighted by Gasteiger charge is 2.55. The van der Waals surface area contributed by atoms with Crippen LogP contribution < -0.4 is 4.90 Å². The van der Waals surface area contributed by atoms with E-state index in [1.807, 2.05) is 6.07 Å². The summed E-state index contributed by atoms with van der Waals surface area (Å²) in [4.78, 5) is 16.6. The van der Waals surface area contributed by atoms with Gasteiger partial charge in [0, 0.05) is 50.1 Å². The third-order valence-electron chi connectivity index (χ3n) is 8.52. The van der Waals surface area contributed by atoms with E-state index in [4.69, 9.17) is 14.8 Å². The minimum Gasteiger partial charge on any atom is -0.378 e. The van der Waals surface area contributed by atoms with Crippen molar-refractivity contribution in [3.63, 3.8) is 0 Å². The maximum Gasteiger partial charge on any atom is 0.416 e. The third kappa shape index (κ3) is 4.84. The molecule has 10 nitrogen and oxygen atoms in total. The van der Waals surface area contributed by atoms with Crippen LogP contribution in [0.1, 0.15) is 28.1 Å². The molecule has 4 aromatic rings. The van der Waals surface area contributed by atoms with E-state index in [2.05, 4.69) is 19.8 Å². The predicted octanol–water partition coefficient (Wildman–Crippen LogP) is 3.10. The van der Waals surface area contributed by atoms with Crippen LogP contribution in [0.5, 0.6) is 0 Å². The van der Waals surface area contributed by atoms with Crippen LogP contribution in [0.2, 0.25) is 0 Å². The number of ether oxygens (including phenoxy) is 1. The van der Waals surface area contributed by atoms with Crippen LogP contribution in [0.3, 0.4) is 0 Å². The molecule has 1 N–H and O–H groups in total. The van der Waals surface area contributed by atoms with Gasteiger partial charge in [-0.25, -0.2) is 22.9 Å². The lowest BCUT2D eigenvalue weighted by Gasteiger charge is -2.54. The molecule has 0 atom stereocenters. The normalized spacial score (nSPS) is 20.1. The van der Waals surface area contributed by atoms with Crippen molar-refractivity contribution in [2.75, 3.05) is 55.8 Å². The van der Waals surface area contributed by atoms with Gasteiger partial charge in [-0.05, 0) is 30.2 Å². The zero-order valence-electron chi connectivity index (χ0n) is 23.0. The fourth-order valence-electron chi connectivity index (χ4n) is 6.61. The summed E-state index contributed by atoms with van der Waals surface area (Å²) < 4.78 is 72.4. The summed E-state index contributed by atoms with van der Waals surface area (Å²) in [6.07, 6.45) is -0.974. The summed E-state index contributed by atoms with van der Waals surface area (Å²) in [7, 11) is -2.95. The molecule has 3 saturated heterocycles. The lowest BCUT2D eigenvalue weighted by Crippen LogP contribution is -2.67. The Hall–Kier alpha value is -3.49. The van der Waals surface area contributed by atoms with Crippen molar-refractivity contribution >= 4 is 21.3 Å². The molecular weight excluding hydrogens is 571 g/mol. The van der Waals surface area contributed by atoms with Gasteiger partial charge in [-0.3, -0.25) is 4.90 Å². The van der Waals surface area contributed by atoms with E-state index < -0.39 is 21.6 Å². The van der Waals surface area contributed by atoms with E-state index in [1.165, 1.54) is 13.0 Å². The first kappa shape index (κ1) is 27.3. The molecule has 0 radical (unpaired) electrons. The molecule has 3 aromatic heterocycles. The smallest absolute Gasteiger partial charge is 0.378 e. The average Bonchev–Trinajstić information content (AvgIpc) is 3.56. The molecule has 3 aliphatic rings. The van der Waals surface area contributed by atoms with Crippen molar-refractivity contribution in [2.24, 2.45) is 5.41 Å². The number of halogens is 3. The number of nitrogens with one attached hydrogen (secondary N) is 1. The Morgan fingerprint density at radius 1 is 1.14 bits per heavy atom. The topological polar surface area (TPSA) is 109 Å². The maximum absolute atomic E-state index is 13.8. The molecule has 0 aliphatic carbocycles. The Kier molecular flexibility index (Phi) is 6.37. The number of likely N-dealkylation sites (tertiary alicyclic amines) is 1. The summed E-state index contributed by atoms with van der Waals surface area (Å²) in [5.74, 6) is 1.11. The Morgan fingerprint density at radius 3 is 2.57 bits per heavy atom. The third-order valence-corrected chi connectivity index (χ3v) is 10.6. The second-order valence-electron chi connectivity index (χ2n) is 11.7. The Morgan fingerprint density at radius 2 is 1.90 bits per heavy atom. The summed E-state index contributed by atoms with van der Waals surface area (Å²) in [6, 6.07) is 6.22. The van der Waals surface area contributed by atoms with Crippen LogP contribution in [0, 0.1) is 12.3 Å². The Balaban J connectivity index is 1.34. The minimum absolute atomic E-state index is 0.173. The highest BCUT2D eigenvalue weighted by atomic mass is 32.2. The van der Waals surface area contributed by atoms with Gasteiger partial charge in [0.25, 0.3) is 0 Å². The van der Waals surface area contributed by atoms with Gasteiger partial charge in [0.2, 0.25) is 0 Å². The molecule has 1 spiro atoms. The fraction of sp³-hybridized carbons (Fsp3) is 0.464. The van der Waals surface area contributed by atoms with Crippen molar-refractivity contribution in [3.05, 3.63) is 64.9 Å². The molecule has 0 saturated carbocycles. The van der Waals surface area contributed by atoms with E-state index in [-0.39, 0.29) is 28.9 Å². The molecular formula is C28H30F3N7O3S. The lowest BCUT2D eigenvalue weighted by molar-refractivity contribution is -0.138. The monoisotopic (exact) mass is 601 g/mol. The zero-order chi connectivity index (χ0) is 29.3. The van der Waals surface area contributed by atoms with Crippen LogP contribution in [0.4, 0.5) is 19.0 Å². The number of alkyl halides is 3. The maximum atomic E-state index is 13.8. The summed E-state index contributed by atoms with van der Waals surface area (Å²) in [5.41, 5.74) is 3.37. The molecule has 1 aromatic carbocycles. The molecule has 6 heterocycles. The number of aromatic nitrogens is 5. The number of nitrogens with zero attached hydrogens (tertiary/aromatic N) is 6. The number of hydrogen-bond donors (Lipinski definition) is 1. The number of H-pyrrole nitrogens is 1. The molecule has 0 bridgehead atoms. The van der Waals surface area contributed by atoms with E-state index in [0.29, 0.717) is 74.4 Å². The Bertz CT molecular complexity index is 1740. The first-order chi connectivity index (χ1) is 20.0. The molecule has 222 valence electrons. The van der Waals surface area contributed by atoms with Gasteiger partial charge in [-0.1, -0.05) is 12.1 Å². The van der Waals surface area contributed by atoms with Crippen molar-refractivity contribution < 1.29 is 26.3 Å². The van der Waals surface area contributed by atoms with Gasteiger partial charge in [0.15, 0.2) is 21.3 Å². The first-order valence-electron chi connectivity index (χ1n) is 13.8. The number of benzene rings is 1. The number of sulfone groups is 1. The van der Waals surface area contributed by atoms with Gasteiger partial charge in [-0.2, -0.15) is 13.2 Å². The largest absolute Gasteiger partial charge is 0.416 e. The van der Waals surface area contributed by atoms with Crippen molar-refractivity contribution in [1.29, 1.82) is 0 Å². The van der Waals surface area contributed by atoms with Crippen molar-refractivity contribution in [1.82, 2.24) is 29.5 Å². The number of rotatable bonds is 6. The summed E-state index contributed by atoms with van der Waals surface area (Å²) >= 11 is 0. The van der Waals surface area contributed by atoms with Crippen LogP contribution >= 0.6 is 0 Å². The number of aromatic amines is 1. The van der Waals surface area contributed by atoms with Gasteiger partial charge in [0.1, 0.15) is 0 Å². The standard InChI is InChI=1S/C28H30F3N7O3S/c1-18-19(3-2-4-21(18)28(29,30)31)9-24-23(12-36-13-27(14-36)15-42(39,40)16-27)34-26-20(22-11-32-17-33-22)10-25(35-38(24)26)37-5-7-41-8-6-37/h2-4,10-11,17H,5-9,12-16H2,1H3,(H,32,33). The van der Waals surface area contributed by atoms with E-state index in [0.717, 1.165) is 17.3 Å². The van der Waals surface area contributed by atoms with E-state index in [1.54, 1.807) is 23.1 Å². The molecule has 0 unspecified atom stereocenters. The number of fused-ring (bicyclic) bond motifs is 1. The molecule has 3 aliphatic heterocycles. The van der Waals surface area contributed by atoms with E-state index in [9.17, 15) is 21.6 Å².